The van der Waals surface area contributed by atoms with Gasteiger partial charge in [-0.2, -0.15) is 0 Å². The number of aromatic nitrogens is 3. The topological polar surface area (TPSA) is 53.6 Å². The number of nitrogens with zero attached hydrogens (tertiary/aromatic N) is 2. The van der Waals surface area contributed by atoms with E-state index in [0.29, 0.717) is 6.54 Å². The lowest BCUT2D eigenvalue weighted by Crippen LogP contribution is -2.00. The third-order valence-electron chi connectivity index (χ3n) is 3.05. The van der Waals surface area contributed by atoms with Crippen LogP contribution in [-0.2, 0) is 6.54 Å². The second-order valence-electron chi connectivity index (χ2n) is 4.51. The maximum absolute atomic E-state index is 5.95. The Bertz CT molecular complexity index is 743. The number of H-pyrrole nitrogens is 1. The summed E-state index contributed by atoms with van der Waals surface area (Å²) >= 11 is 9.46. The minimum atomic E-state index is 0.706. The van der Waals surface area contributed by atoms with Crippen molar-refractivity contribution in [2.24, 2.45) is 0 Å². The molecule has 1 aromatic heterocycles. The zero-order chi connectivity index (χ0) is 14.7. The smallest absolute Gasteiger partial charge is 0.161 e. The summed E-state index contributed by atoms with van der Waals surface area (Å²) in [5.74, 6) is 0.756. The molecule has 0 saturated carbocycles. The van der Waals surface area contributed by atoms with Crippen molar-refractivity contribution >= 4 is 33.2 Å². The molecule has 0 saturated heterocycles. The Labute approximate surface area is 135 Å². The fourth-order valence-electron chi connectivity index (χ4n) is 1.99. The maximum Gasteiger partial charge on any atom is 0.161 e. The van der Waals surface area contributed by atoms with Gasteiger partial charge in [-0.3, -0.25) is 0 Å². The number of aromatic amines is 1. The lowest BCUT2D eigenvalue weighted by Gasteiger charge is -2.09. The van der Waals surface area contributed by atoms with Gasteiger partial charge in [0, 0.05) is 27.3 Å². The molecule has 0 radical (unpaired) electrons. The fourth-order valence-corrected chi connectivity index (χ4v) is 2.81. The van der Waals surface area contributed by atoms with Gasteiger partial charge in [0.25, 0.3) is 0 Å². The van der Waals surface area contributed by atoms with E-state index in [0.717, 1.165) is 32.1 Å². The lowest BCUT2D eigenvalue weighted by atomic mass is 10.1. The monoisotopic (exact) mass is 362 g/mol. The van der Waals surface area contributed by atoms with Crippen molar-refractivity contribution in [3.05, 3.63) is 63.9 Å². The molecular weight excluding hydrogens is 352 g/mol. The number of hydrogen-bond donors (Lipinski definition) is 2. The standard InChI is InChI=1S/C15H12BrClN4/c16-14-7-12(17)5-4-11(14)8-18-13-3-1-2-10(6-13)15-19-9-20-21-15/h1-7,9,18H,8H2,(H,19,20,21). The maximum atomic E-state index is 5.95. The Morgan fingerprint density at radius 2 is 2.10 bits per heavy atom. The molecule has 6 heteroatoms. The highest BCUT2D eigenvalue weighted by molar-refractivity contribution is 9.10. The molecule has 21 heavy (non-hydrogen) atoms. The first kappa shape index (κ1) is 14.1. The van der Waals surface area contributed by atoms with Crippen LogP contribution in [0.1, 0.15) is 5.56 Å². The second kappa shape index (κ2) is 6.28. The van der Waals surface area contributed by atoms with Crippen molar-refractivity contribution in [3.63, 3.8) is 0 Å². The van der Waals surface area contributed by atoms with Gasteiger partial charge in [-0.05, 0) is 29.8 Å². The molecule has 2 N–H and O–H groups in total. The van der Waals surface area contributed by atoms with Crippen LogP contribution in [0.2, 0.25) is 5.02 Å². The Morgan fingerprint density at radius 1 is 1.19 bits per heavy atom. The molecule has 2 aromatic carbocycles. The minimum Gasteiger partial charge on any atom is -0.381 e. The molecule has 0 aliphatic carbocycles. The molecule has 0 aliphatic heterocycles. The van der Waals surface area contributed by atoms with Crippen LogP contribution in [0.5, 0.6) is 0 Å². The summed E-state index contributed by atoms with van der Waals surface area (Å²) in [4.78, 5) is 3.00. The van der Waals surface area contributed by atoms with Gasteiger partial charge in [-0.1, -0.05) is 45.7 Å². The molecule has 106 valence electrons. The van der Waals surface area contributed by atoms with E-state index in [4.69, 9.17) is 11.6 Å². The van der Waals surface area contributed by atoms with Crippen LogP contribution >= 0.6 is 27.5 Å². The molecule has 0 atom stereocenters. The zero-order valence-electron chi connectivity index (χ0n) is 11.0. The predicted octanol–water partition coefficient (Wildman–Crippen LogP) is 4.50. The van der Waals surface area contributed by atoms with Crippen molar-refractivity contribution in [2.45, 2.75) is 6.54 Å². The van der Waals surface area contributed by atoms with Crippen LogP contribution < -0.4 is 5.32 Å². The Kier molecular flexibility index (Phi) is 4.22. The average Bonchev–Trinajstić information content (AvgIpc) is 3.01. The van der Waals surface area contributed by atoms with Crippen molar-refractivity contribution in [1.82, 2.24) is 15.2 Å². The van der Waals surface area contributed by atoms with Gasteiger partial charge in [0.05, 0.1) is 0 Å². The number of nitrogens with one attached hydrogen (secondary N) is 2. The van der Waals surface area contributed by atoms with E-state index in [1.54, 1.807) is 6.33 Å². The second-order valence-corrected chi connectivity index (χ2v) is 5.80. The normalized spacial score (nSPS) is 10.6. The number of anilines is 1. The predicted molar refractivity (Wildman–Crippen MR) is 88.3 cm³/mol. The quantitative estimate of drug-likeness (QED) is 0.717. The van der Waals surface area contributed by atoms with Gasteiger partial charge in [-0.15, -0.1) is 10.2 Å². The van der Waals surface area contributed by atoms with Crippen LogP contribution in [0.3, 0.4) is 0 Å². The summed E-state index contributed by atoms with van der Waals surface area (Å²) in [6.07, 6.45) is 1.57. The van der Waals surface area contributed by atoms with Gasteiger partial charge >= 0.3 is 0 Å². The summed E-state index contributed by atoms with van der Waals surface area (Å²) in [5.41, 5.74) is 3.16. The number of hydrogen-bond acceptors (Lipinski definition) is 3. The molecule has 1 heterocycles. The van der Waals surface area contributed by atoms with E-state index >= 15 is 0 Å². The summed E-state index contributed by atoms with van der Waals surface area (Å²) in [5, 5.41) is 11.9. The van der Waals surface area contributed by atoms with Crippen molar-refractivity contribution in [3.8, 4) is 11.4 Å². The van der Waals surface area contributed by atoms with Crippen molar-refractivity contribution in [1.29, 1.82) is 0 Å². The first-order chi connectivity index (χ1) is 10.2. The molecule has 4 nitrogen and oxygen atoms in total. The van der Waals surface area contributed by atoms with E-state index in [-0.39, 0.29) is 0 Å². The van der Waals surface area contributed by atoms with E-state index in [2.05, 4.69) is 36.4 Å². The number of benzene rings is 2. The van der Waals surface area contributed by atoms with Crippen LogP contribution in [0.25, 0.3) is 11.4 Å². The minimum absolute atomic E-state index is 0.706. The first-order valence-corrected chi connectivity index (χ1v) is 7.54. The highest BCUT2D eigenvalue weighted by Gasteiger charge is 2.04. The van der Waals surface area contributed by atoms with E-state index in [9.17, 15) is 0 Å². The molecule has 0 spiro atoms. The summed E-state index contributed by atoms with van der Waals surface area (Å²) in [7, 11) is 0. The Hall–Kier alpha value is -1.85. The SMILES string of the molecule is Clc1ccc(CNc2cccc(-c3nnc[nH]3)c2)c(Br)c1. The van der Waals surface area contributed by atoms with Gasteiger partial charge in [-0.25, -0.2) is 0 Å². The molecule has 0 amide bonds. The van der Waals surface area contributed by atoms with E-state index < -0.39 is 0 Å². The molecule has 0 unspecified atom stereocenters. The third kappa shape index (κ3) is 3.43. The summed E-state index contributed by atoms with van der Waals surface area (Å²) in [6.45, 7) is 0.706. The van der Waals surface area contributed by atoms with Gasteiger partial charge < -0.3 is 10.3 Å². The van der Waals surface area contributed by atoms with Crippen LogP contribution in [-0.4, -0.2) is 15.2 Å². The largest absolute Gasteiger partial charge is 0.381 e. The highest BCUT2D eigenvalue weighted by atomic mass is 79.9. The van der Waals surface area contributed by atoms with Crippen LogP contribution in [0.4, 0.5) is 5.69 Å². The highest BCUT2D eigenvalue weighted by Crippen LogP contribution is 2.23. The van der Waals surface area contributed by atoms with Crippen molar-refractivity contribution < 1.29 is 0 Å². The van der Waals surface area contributed by atoms with Gasteiger partial charge in [0.15, 0.2) is 5.82 Å². The molecule has 0 fully saturated rings. The van der Waals surface area contributed by atoms with E-state index in [1.807, 2.05) is 42.5 Å². The summed E-state index contributed by atoms with van der Waals surface area (Å²) in [6, 6.07) is 13.8. The Morgan fingerprint density at radius 3 is 2.86 bits per heavy atom. The molecule has 0 bridgehead atoms. The molecular formula is C15H12BrClN4. The van der Waals surface area contributed by atoms with Gasteiger partial charge in [0.1, 0.15) is 6.33 Å². The third-order valence-corrected chi connectivity index (χ3v) is 4.02. The number of rotatable bonds is 4. The molecule has 3 aromatic rings. The molecule has 0 aliphatic rings. The Balaban J connectivity index is 1.75. The number of halogens is 2. The molecule has 3 rings (SSSR count). The van der Waals surface area contributed by atoms with Gasteiger partial charge in [0.2, 0.25) is 0 Å². The fraction of sp³-hybridized carbons (Fsp3) is 0.0667. The van der Waals surface area contributed by atoms with Crippen LogP contribution in [0, 0.1) is 0 Å². The first-order valence-electron chi connectivity index (χ1n) is 6.36. The lowest BCUT2D eigenvalue weighted by molar-refractivity contribution is 1.09. The van der Waals surface area contributed by atoms with Crippen LogP contribution in [0.15, 0.2) is 53.3 Å². The summed E-state index contributed by atoms with van der Waals surface area (Å²) < 4.78 is 0.994. The zero-order valence-corrected chi connectivity index (χ0v) is 13.3. The van der Waals surface area contributed by atoms with E-state index in [1.165, 1.54) is 0 Å². The van der Waals surface area contributed by atoms with Crippen molar-refractivity contribution in [2.75, 3.05) is 5.32 Å². The average molecular weight is 364 g/mol.